The van der Waals surface area contributed by atoms with Gasteiger partial charge in [-0.2, -0.15) is 0 Å². The number of fused-ring (bicyclic) bond motifs is 1. The maximum atomic E-state index is 13.3. The van der Waals surface area contributed by atoms with Crippen LogP contribution in [0, 0.1) is 19.8 Å². The van der Waals surface area contributed by atoms with Gasteiger partial charge in [-0.1, -0.05) is 29.0 Å². The first-order valence-electron chi connectivity index (χ1n) is 11.4. The molecule has 1 aromatic heterocycles. The minimum absolute atomic E-state index is 0.0562. The fourth-order valence-electron chi connectivity index (χ4n) is 4.94. The summed E-state index contributed by atoms with van der Waals surface area (Å²) in [6.45, 7) is 9.29. The van der Waals surface area contributed by atoms with E-state index >= 15 is 0 Å². The molecular formula is C25H29ClN4OS. The highest BCUT2D eigenvalue weighted by atomic mass is 35.5. The van der Waals surface area contributed by atoms with E-state index in [-0.39, 0.29) is 5.92 Å². The van der Waals surface area contributed by atoms with Crippen molar-refractivity contribution < 1.29 is 4.79 Å². The highest BCUT2D eigenvalue weighted by molar-refractivity contribution is 7.22. The number of hydrogen-bond donors (Lipinski definition) is 0. The van der Waals surface area contributed by atoms with E-state index in [1.807, 2.05) is 12.1 Å². The molecule has 3 aromatic rings. The summed E-state index contributed by atoms with van der Waals surface area (Å²) < 4.78 is 1.24. The molecular weight excluding hydrogens is 440 g/mol. The molecule has 0 saturated carbocycles. The Labute approximate surface area is 198 Å². The van der Waals surface area contributed by atoms with Crippen LogP contribution < -0.4 is 9.80 Å². The molecule has 5 rings (SSSR count). The van der Waals surface area contributed by atoms with Crippen LogP contribution >= 0.6 is 22.9 Å². The van der Waals surface area contributed by atoms with E-state index in [9.17, 15) is 4.79 Å². The first-order valence-corrected chi connectivity index (χ1v) is 12.6. The molecule has 32 heavy (non-hydrogen) atoms. The zero-order valence-corrected chi connectivity index (χ0v) is 20.3. The maximum absolute atomic E-state index is 13.3. The molecule has 3 heterocycles. The number of carbonyl (C=O) groups excluding carboxylic acids is 1. The lowest BCUT2D eigenvalue weighted by molar-refractivity contribution is -0.136. The lowest BCUT2D eigenvalue weighted by atomic mass is 9.96. The van der Waals surface area contributed by atoms with E-state index < -0.39 is 0 Å². The van der Waals surface area contributed by atoms with Crippen LogP contribution in [0.3, 0.4) is 0 Å². The van der Waals surface area contributed by atoms with Gasteiger partial charge in [0.15, 0.2) is 5.13 Å². The molecule has 5 nitrogen and oxygen atoms in total. The highest BCUT2D eigenvalue weighted by Crippen LogP contribution is 2.34. The van der Waals surface area contributed by atoms with Gasteiger partial charge in [-0.3, -0.25) is 4.79 Å². The number of piperazine rings is 1. The number of aryl methyl sites for hydroxylation is 2. The third kappa shape index (κ3) is 4.30. The molecule has 168 valence electrons. The van der Waals surface area contributed by atoms with E-state index in [2.05, 4.69) is 52.8 Å². The van der Waals surface area contributed by atoms with Gasteiger partial charge in [0.2, 0.25) is 5.91 Å². The summed E-state index contributed by atoms with van der Waals surface area (Å²) in [5.74, 6) is 0.360. The van der Waals surface area contributed by atoms with Gasteiger partial charge in [0.25, 0.3) is 0 Å². The number of halogens is 1. The number of nitrogens with zero attached hydrogens (tertiary/aromatic N) is 4. The highest BCUT2D eigenvalue weighted by Gasteiger charge is 2.32. The molecule has 0 N–H and O–H groups in total. The average Bonchev–Trinajstić information content (AvgIpc) is 3.24. The Balaban J connectivity index is 1.23. The molecule has 2 aliphatic heterocycles. The smallest absolute Gasteiger partial charge is 0.227 e. The Bertz CT molecular complexity index is 1120. The molecule has 0 spiro atoms. The molecule has 2 aromatic carbocycles. The Morgan fingerprint density at radius 3 is 2.53 bits per heavy atom. The number of anilines is 2. The van der Waals surface area contributed by atoms with E-state index in [0.29, 0.717) is 5.91 Å². The molecule has 0 bridgehead atoms. The van der Waals surface area contributed by atoms with Crippen LogP contribution in [-0.4, -0.2) is 55.1 Å². The van der Waals surface area contributed by atoms with Crippen LogP contribution in [0.4, 0.5) is 10.8 Å². The summed E-state index contributed by atoms with van der Waals surface area (Å²) in [5.41, 5.74) is 4.77. The standard InChI is InChI=1S/C25H29ClN4OS/c1-17-14-18(2)23-22(15-17)32-25(27-23)30-9-3-4-19(16-30)24(31)29-12-10-28(11-13-29)21-7-5-20(26)6-8-21/h5-8,14-15,19H,3-4,9-13,16H2,1-2H3. The number of piperidine rings is 1. The van der Waals surface area contributed by atoms with E-state index in [1.165, 1.54) is 21.5 Å². The second kappa shape index (κ2) is 8.91. The number of hydrogen-bond acceptors (Lipinski definition) is 5. The van der Waals surface area contributed by atoms with Crippen molar-refractivity contribution in [3.8, 4) is 0 Å². The second-order valence-corrected chi connectivity index (χ2v) is 10.4. The van der Waals surface area contributed by atoms with Gasteiger partial charge in [0.05, 0.1) is 16.1 Å². The van der Waals surface area contributed by atoms with Crippen molar-refractivity contribution in [3.63, 3.8) is 0 Å². The van der Waals surface area contributed by atoms with Crippen molar-refractivity contribution in [2.75, 3.05) is 49.1 Å². The van der Waals surface area contributed by atoms with E-state index in [0.717, 1.165) is 67.8 Å². The molecule has 2 saturated heterocycles. The van der Waals surface area contributed by atoms with Crippen LogP contribution in [0.25, 0.3) is 10.2 Å². The van der Waals surface area contributed by atoms with Crippen molar-refractivity contribution >= 4 is 49.9 Å². The van der Waals surface area contributed by atoms with Crippen molar-refractivity contribution in [2.45, 2.75) is 26.7 Å². The molecule has 0 radical (unpaired) electrons. The Kier molecular flexibility index (Phi) is 5.99. The number of rotatable bonds is 3. The minimum atomic E-state index is 0.0562. The molecule has 7 heteroatoms. The quantitative estimate of drug-likeness (QED) is 0.534. The van der Waals surface area contributed by atoms with E-state index in [1.54, 1.807) is 11.3 Å². The lowest BCUT2D eigenvalue weighted by Gasteiger charge is -2.39. The molecule has 1 atom stereocenters. The molecule has 1 amide bonds. The summed E-state index contributed by atoms with van der Waals surface area (Å²) >= 11 is 7.77. The largest absolute Gasteiger partial charge is 0.368 e. The van der Waals surface area contributed by atoms with Crippen LogP contribution in [0.15, 0.2) is 36.4 Å². The van der Waals surface area contributed by atoms with E-state index in [4.69, 9.17) is 16.6 Å². The van der Waals surface area contributed by atoms with Crippen molar-refractivity contribution in [3.05, 3.63) is 52.5 Å². The normalized spacial score (nSPS) is 19.6. The number of thiazole rings is 1. The minimum Gasteiger partial charge on any atom is -0.368 e. The number of carbonyl (C=O) groups is 1. The van der Waals surface area contributed by atoms with Gasteiger partial charge in [-0.05, 0) is 68.1 Å². The van der Waals surface area contributed by atoms with Crippen LogP contribution in [-0.2, 0) is 4.79 Å². The zero-order valence-electron chi connectivity index (χ0n) is 18.7. The predicted molar refractivity (Wildman–Crippen MR) is 134 cm³/mol. The maximum Gasteiger partial charge on any atom is 0.227 e. The lowest BCUT2D eigenvalue weighted by Crippen LogP contribution is -2.52. The van der Waals surface area contributed by atoms with Gasteiger partial charge in [0, 0.05) is 50.0 Å². The van der Waals surface area contributed by atoms with Gasteiger partial charge >= 0.3 is 0 Å². The van der Waals surface area contributed by atoms with Crippen molar-refractivity contribution in [1.82, 2.24) is 9.88 Å². The third-order valence-corrected chi connectivity index (χ3v) is 7.96. The monoisotopic (exact) mass is 468 g/mol. The summed E-state index contributed by atoms with van der Waals surface area (Å²) in [7, 11) is 0. The molecule has 1 unspecified atom stereocenters. The summed E-state index contributed by atoms with van der Waals surface area (Å²) in [6, 6.07) is 12.4. The average molecular weight is 469 g/mol. The van der Waals surface area contributed by atoms with Crippen molar-refractivity contribution in [2.24, 2.45) is 5.92 Å². The van der Waals surface area contributed by atoms with Crippen LogP contribution in [0.5, 0.6) is 0 Å². The van der Waals surface area contributed by atoms with Crippen LogP contribution in [0.1, 0.15) is 24.0 Å². The number of aromatic nitrogens is 1. The number of amides is 1. The summed E-state index contributed by atoms with van der Waals surface area (Å²) in [6.07, 6.45) is 2.00. The second-order valence-electron chi connectivity index (χ2n) is 9.00. The Morgan fingerprint density at radius 2 is 1.78 bits per heavy atom. The van der Waals surface area contributed by atoms with Gasteiger partial charge < -0.3 is 14.7 Å². The number of benzene rings is 2. The fourth-order valence-corrected chi connectivity index (χ4v) is 6.24. The predicted octanol–water partition coefficient (Wildman–Crippen LogP) is 5.13. The zero-order chi connectivity index (χ0) is 22.2. The van der Waals surface area contributed by atoms with Gasteiger partial charge in [0.1, 0.15) is 0 Å². The van der Waals surface area contributed by atoms with Gasteiger partial charge in [-0.25, -0.2) is 4.98 Å². The summed E-state index contributed by atoms with van der Waals surface area (Å²) in [4.78, 5) is 25.0. The van der Waals surface area contributed by atoms with Gasteiger partial charge in [-0.15, -0.1) is 0 Å². The topological polar surface area (TPSA) is 39.7 Å². The molecule has 2 fully saturated rings. The molecule has 0 aliphatic carbocycles. The van der Waals surface area contributed by atoms with Crippen LogP contribution in [0.2, 0.25) is 5.02 Å². The summed E-state index contributed by atoms with van der Waals surface area (Å²) in [5, 5.41) is 1.81. The fraction of sp³-hybridized carbons (Fsp3) is 0.440. The SMILES string of the molecule is Cc1cc(C)c2nc(N3CCCC(C(=O)N4CCN(c5ccc(Cl)cc5)CC4)C3)sc2c1. The van der Waals surface area contributed by atoms with Crippen molar-refractivity contribution in [1.29, 1.82) is 0 Å². The Morgan fingerprint density at radius 1 is 1.03 bits per heavy atom. The first kappa shape index (κ1) is 21.5. The third-order valence-electron chi connectivity index (χ3n) is 6.64. The Hall–Kier alpha value is -2.31. The first-order chi connectivity index (χ1) is 15.5. The molecule has 2 aliphatic rings.